The summed E-state index contributed by atoms with van der Waals surface area (Å²) in [6.45, 7) is 2.44. The second-order valence-electron chi connectivity index (χ2n) is 5.03. The third-order valence-electron chi connectivity index (χ3n) is 3.16. The van der Waals surface area contributed by atoms with Gasteiger partial charge >= 0.3 is 0 Å². The minimum Gasteiger partial charge on any atom is -0.497 e. The molecule has 1 unspecified atom stereocenters. The van der Waals surface area contributed by atoms with E-state index in [9.17, 15) is 0 Å². The Morgan fingerprint density at radius 2 is 1.86 bits per heavy atom. The van der Waals surface area contributed by atoms with E-state index in [-0.39, 0.29) is 6.04 Å². The van der Waals surface area contributed by atoms with Crippen molar-refractivity contribution >= 4 is 11.6 Å². The van der Waals surface area contributed by atoms with Crippen LogP contribution in [-0.2, 0) is 13.0 Å². The summed E-state index contributed by atoms with van der Waals surface area (Å²) in [5.74, 6) is 1.62. The van der Waals surface area contributed by atoms with Crippen LogP contribution < -0.4 is 15.2 Å². The number of rotatable bonds is 6. The summed E-state index contributed by atoms with van der Waals surface area (Å²) in [6.07, 6.45) is 0.692. The molecule has 0 aliphatic heterocycles. The lowest BCUT2D eigenvalue weighted by Crippen LogP contribution is -2.18. The number of halogens is 1. The molecule has 2 aromatic rings. The Kier molecular flexibility index (Phi) is 5.48. The summed E-state index contributed by atoms with van der Waals surface area (Å²) in [5, 5.41) is 0.694. The predicted molar refractivity (Wildman–Crippen MR) is 86.1 cm³/mol. The molecule has 0 saturated heterocycles. The molecule has 1 atom stereocenters. The Labute approximate surface area is 130 Å². The molecule has 0 radical (unpaired) electrons. The molecule has 0 aromatic heterocycles. The summed E-state index contributed by atoms with van der Waals surface area (Å²) >= 11 is 6.24. The lowest BCUT2D eigenvalue weighted by molar-refractivity contribution is 0.302. The van der Waals surface area contributed by atoms with Gasteiger partial charge in [-0.25, -0.2) is 0 Å². The Morgan fingerprint density at radius 1 is 1.14 bits per heavy atom. The van der Waals surface area contributed by atoms with Crippen LogP contribution in [0.3, 0.4) is 0 Å². The molecule has 4 heteroatoms. The third kappa shape index (κ3) is 4.38. The van der Waals surface area contributed by atoms with Crippen molar-refractivity contribution in [3.63, 3.8) is 0 Å². The summed E-state index contributed by atoms with van der Waals surface area (Å²) < 4.78 is 11.0. The topological polar surface area (TPSA) is 44.5 Å². The third-order valence-corrected chi connectivity index (χ3v) is 3.51. The SMILES string of the molecule is COc1ccc(COc2cccc(Cl)c2CC(C)N)cc1. The number of methoxy groups -OCH3 is 1. The largest absolute Gasteiger partial charge is 0.497 e. The van der Waals surface area contributed by atoms with Gasteiger partial charge < -0.3 is 15.2 Å². The number of hydrogen-bond donors (Lipinski definition) is 1. The van der Waals surface area contributed by atoms with E-state index in [1.54, 1.807) is 7.11 Å². The molecule has 0 bridgehead atoms. The molecule has 0 fully saturated rings. The molecule has 0 heterocycles. The predicted octanol–water partition coefficient (Wildman–Crippen LogP) is 3.82. The highest BCUT2D eigenvalue weighted by molar-refractivity contribution is 6.31. The van der Waals surface area contributed by atoms with Gasteiger partial charge in [-0.2, -0.15) is 0 Å². The van der Waals surface area contributed by atoms with Gasteiger partial charge in [-0.05, 0) is 43.2 Å². The molecular formula is C17H20ClNO2. The van der Waals surface area contributed by atoms with E-state index in [0.29, 0.717) is 18.1 Å². The molecule has 3 nitrogen and oxygen atoms in total. The minimum atomic E-state index is 0.0354. The first-order valence-electron chi connectivity index (χ1n) is 6.89. The van der Waals surface area contributed by atoms with E-state index in [1.807, 2.05) is 49.4 Å². The van der Waals surface area contributed by atoms with Crippen LogP contribution in [0, 0.1) is 0 Å². The standard InChI is InChI=1S/C17H20ClNO2/c1-12(19)10-15-16(18)4-3-5-17(15)21-11-13-6-8-14(20-2)9-7-13/h3-9,12H,10-11,19H2,1-2H3. The van der Waals surface area contributed by atoms with Crippen molar-refractivity contribution < 1.29 is 9.47 Å². The first-order valence-corrected chi connectivity index (χ1v) is 7.26. The Bertz CT molecular complexity index is 582. The fraction of sp³-hybridized carbons (Fsp3) is 0.294. The highest BCUT2D eigenvalue weighted by Crippen LogP contribution is 2.28. The van der Waals surface area contributed by atoms with Gasteiger partial charge in [0.15, 0.2) is 0 Å². The summed E-state index contributed by atoms with van der Waals surface area (Å²) in [6, 6.07) is 13.5. The van der Waals surface area contributed by atoms with E-state index >= 15 is 0 Å². The molecule has 0 spiro atoms. The van der Waals surface area contributed by atoms with E-state index in [2.05, 4.69) is 0 Å². The monoisotopic (exact) mass is 305 g/mol. The smallest absolute Gasteiger partial charge is 0.124 e. The maximum atomic E-state index is 6.24. The van der Waals surface area contributed by atoms with E-state index in [1.165, 1.54) is 0 Å². The number of benzene rings is 2. The molecule has 112 valence electrons. The van der Waals surface area contributed by atoms with Crippen molar-refractivity contribution in [3.05, 3.63) is 58.6 Å². The average molecular weight is 306 g/mol. The van der Waals surface area contributed by atoms with Crippen molar-refractivity contribution in [1.29, 1.82) is 0 Å². The second-order valence-corrected chi connectivity index (χ2v) is 5.44. The molecule has 21 heavy (non-hydrogen) atoms. The Morgan fingerprint density at radius 3 is 2.48 bits per heavy atom. The van der Waals surface area contributed by atoms with Gasteiger partial charge in [0.1, 0.15) is 18.1 Å². The summed E-state index contributed by atoms with van der Waals surface area (Å²) in [5.41, 5.74) is 7.91. The van der Waals surface area contributed by atoms with E-state index in [0.717, 1.165) is 22.6 Å². The maximum Gasteiger partial charge on any atom is 0.124 e. The number of hydrogen-bond acceptors (Lipinski definition) is 3. The average Bonchev–Trinajstić information content (AvgIpc) is 2.48. The Balaban J connectivity index is 2.10. The summed E-state index contributed by atoms with van der Waals surface area (Å²) in [4.78, 5) is 0. The van der Waals surface area contributed by atoms with Crippen molar-refractivity contribution in [2.75, 3.05) is 7.11 Å². The molecule has 0 aliphatic carbocycles. The maximum absolute atomic E-state index is 6.24. The molecule has 0 saturated carbocycles. The van der Waals surface area contributed by atoms with Crippen molar-refractivity contribution in [3.8, 4) is 11.5 Å². The quantitative estimate of drug-likeness (QED) is 0.882. The molecule has 0 aliphatic rings. The van der Waals surface area contributed by atoms with Gasteiger partial charge in [0.25, 0.3) is 0 Å². The highest BCUT2D eigenvalue weighted by Gasteiger charge is 2.10. The van der Waals surface area contributed by atoms with Crippen LogP contribution in [0.5, 0.6) is 11.5 Å². The van der Waals surface area contributed by atoms with Crippen molar-refractivity contribution in [1.82, 2.24) is 0 Å². The summed E-state index contributed by atoms with van der Waals surface area (Å²) in [7, 11) is 1.65. The minimum absolute atomic E-state index is 0.0354. The van der Waals surface area contributed by atoms with Gasteiger partial charge in [0.05, 0.1) is 7.11 Å². The van der Waals surface area contributed by atoms with Crippen LogP contribution in [0.1, 0.15) is 18.1 Å². The first kappa shape index (κ1) is 15.7. The van der Waals surface area contributed by atoms with Crippen LogP contribution in [0.2, 0.25) is 5.02 Å². The van der Waals surface area contributed by atoms with Gasteiger partial charge in [-0.1, -0.05) is 29.8 Å². The number of nitrogens with two attached hydrogens (primary N) is 1. The zero-order chi connectivity index (χ0) is 15.2. The van der Waals surface area contributed by atoms with Crippen molar-refractivity contribution in [2.45, 2.75) is 26.0 Å². The zero-order valence-corrected chi connectivity index (χ0v) is 13.1. The van der Waals surface area contributed by atoms with E-state index < -0.39 is 0 Å². The molecule has 0 amide bonds. The van der Waals surface area contributed by atoms with Crippen LogP contribution in [0.15, 0.2) is 42.5 Å². The number of ether oxygens (including phenoxy) is 2. The molecule has 2 N–H and O–H groups in total. The van der Waals surface area contributed by atoms with Gasteiger partial charge in [-0.3, -0.25) is 0 Å². The lowest BCUT2D eigenvalue weighted by atomic mass is 10.1. The molecule has 2 rings (SSSR count). The fourth-order valence-corrected chi connectivity index (χ4v) is 2.32. The highest BCUT2D eigenvalue weighted by atomic mass is 35.5. The van der Waals surface area contributed by atoms with Gasteiger partial charge in [0.2, 0.25) is 0 Å². The van der Waals surface area contributed by atoms with Crippen LogP contribution in [-0.4, -0.2) is 13.2 Å². The van der Waals surface area contributed by atoms with Gasteiger partial charge in [0, 0.05) is 16.6 Å². The zero-order valence-electron chi connectivity index (χ0n) is 12.3. The lowest BCUT2D eigenvalue weighted by Gasteiger charge is -2.14. The molecule has 2 aromatic carbocycles. The van der Waals surface area contributed by atoms with Crippen LogP contribution in [0.4, 0.5) is 0 Å². The molecular weight excluding hydrogens is 286 g/mol. The second kappa shape index (κ2) is 7.34. The van der Waals surface area contributed by atoms with Crippen LogP contribution in [0.25, 0.3) is 0 Å². The fourth-order valence-electron chi connectivity index (χ4n) is 2.08. The first-order chi connectivity index (χ1) is 10.1. The normalized spacial score (nSPS) is 12.0. The van der Waals surface area contributed by atoms with Crippen molar-refractivity contribution in [2.24, 2.45) is 5.73 Å². The van der Waals surface area contributed by atoms with Gasteiger partial charge in [-0.15, -0.1) is 0 Å². The Hall–Kier alpha value is -1.71. The van der Waals surface area contributed by atoms with Crippen LogP contribution >= 0.6 is 11.6 Å². The van der Waals surface area contributed by atoms with E-state index in [4.69, 9.17) is 26.8 Å².